The molecule has 0 amide bonds. The van der Waals surface area contributed by atoms with Crippen LogP contribution < -0.4 is 9.80 Å². The number of hydrogen-bond donors (Lipinski definition) is 0. The van der Waals surface area contributed by atoms with Crippen molar-refractivity contribution in [1.82, 2.24) is 0 Å². The summed E-state index contributed by atoms with van der Waals surface area (Å²) in [5.74, 6) is 0. The van der Waals surface area contributed by atoms with Gasteiger partial charge in [-0.3, -0.25) is 0 Å². The van der Waals surface area contributed by atoms with Gasteiger partial charge in [0.1, 0.15) is 0 Å². The second-order valence-electron chi connectivity index (χ2n) is 19.0. The molecule has 0 atom stereocenters. The fraction of sp³-hybridized carbons (Fsp3) is 0.156. The first-order valence-corrected chi connectivity index (χ1v) is 23.9. The van der Waals surface area contributed by atoms with Gasteiger partial charge in [-0.05, 0) is 171 Å². The van der Waals surface area contributed by atoms with E-state index in [0.29, 0.717) is 0 Å². The topological polar surface area (TPSA) is 6.48 Å². The molecule has 1 fully saturated rings. The van der Waals surface area contributed by atoms with Crippen LogP contribution in [-0.4, -0.2) is 6.54 Å². The lowest BCUT2D eigenvalue weighted by atomic mass is 9.76. The summed E-state index contributed by atoms with van der Waals surface area (Å²) in [7, 11) is 0. The smallest absolute Gasteiger partial charge is 0.0534 e. The summed E-state index contributed by atoms with van der Waals surface area (Å²) in [6, 6.07) is 59.3. The van der Waals surface area contributed by atoms with E-state index in [9.17, 15) is 0 Å². The first-order valence-electron chi connectivity index (χ1n) is 23.9. The van der Waals surface area contributed by atoms with Crippen LogP contribution in [0, 0.1) is 0 Å². The number of allylic oxidation sites excluding steroid dienone is 4. The van der Waals surface area contributed by atoms with Crippen molar-refractivity contribution >= 4 is 68.6 Å². The molecule has 8 aromatic carbocycles. The molecule has 2 heteroatoms. The molecular weight excluding hydrogens is 797 g/mol. The van der Waals surface area contributed by atoms with E-state index in [-0.39, 0.29) is 5.41 Å². The Morgan fingerprint density at radius 3 is 2.00 bits per heavy atom. The van der Waals surface area contributed by atoms with Crippen LogP contribution in [0.4, 0.5) is 22.7 Å². The van der Waals surface area contributed by atoms with Crippen molar-refractivity contribution in [3.63, 3.8) is 0 Å². The number of benzene rings is 8. The van der Waals surface area contributed by atoms with E-state index < -0.39 is 0 Å². The zero-order valence-electron chi connectivity index (χ0n) is 38.0. The Bertz CT molecular complexity index is 3350. The van der Waals surface area contributed by atoms with Gasteiger partial charge in [0.15, 0.2) is 0 Å². The lowest BCUT2D eigenvalue weighted by Gasteiger charge is -2.33. The average Bonchev–Trinajstić information content (AvgIpc) is 3.90. The molecule has 12 rings (SSSR count). The fourth-order valence-corrected chi connectivity index (χ4v) is 11.7. The van der Waals surface area contributed by atoms with Crippen LogP contribution in [0.3, 0.4) is 0 Å². The highest BCUT2D eigenvalue weighted by atomic mass is 15.2. The summed E-state index contributed by atoms with van der Waals surface area (Å²) in [6.45, 7) is 9.56. The van der Waals surface area contributed by atoms with E-state index in [4.69, 9.17) is 0 Å². The van der Waals surface area contributed by atoms with Gasteiger partial charge in [-0.15, -0.1) is 0 Å². The van der Waals surface area contributed by atoms with E-state index in [1.807, 2.05) is 0 Å². The maximum absolute atomic E-state index is 4.14. The Morgan fingerprint density at radius 2 is 1.23 bits per heavy atom. The number of rotatable bonds is 7. The molecule has 1 spiro atoms. The average molecular weight is 851 g/mol. The van der Waals surface area contributed by atoms with Gasteiger partial charge in [-0.25, -0.2) is 0 Å². The third kappa shape index (κ3) is 6.78. The number of fused-ring (bicyclic) bond motifs is 9. The molecule has 0 saturated heterocycles. The Balaban J connectivity index is 0.851. The van der Waals surface area contributed by atoms with Crippen LogP contribution in [0.5, 0.6) is 0 Å². The molecule has 0 aromatic heterocycles. The minimum absolute atomic E-state index is 0.0732. The van der Waals surface area contributed by atoms with Gasteiger partial charge in [0, 0.05) is 29.0 Å². The van der Waals surface area contributed by atoms with Crippen molar-refractivity contribution in [1.29, 1.82) is 0 Å². The zero-order chi connectivity index (χ0) is 44.4. The van der Waals surface area contributed by atoms with Crippen molar-refractivity contribution in [3.05, 3.63) is 227 Å². The molecule has 66 heavy (non-hydrogen) atoms. The van der Waals surface area contributed by atoms with Crippen LogP contribution in [0.25, 0.3) is 68.1 Å². The molecule has 2 aliphatic carbocycles. The molecule has 2 aliphatic heterocycles. The number of anilines is 4. The molecule has 0 N–H and O–H groups in total. The van der Waals surface area contributed by atoms with Crippen molar-refractivity contribution in [2.24, 2.45) is 0 Å². The monoisotopic (exact) mass is 850 g/mol. The summed E-state index contributed by atoms with van der Waals surface area (Å²) in [5.41, 5.74) is 22.1. The predicted molar refractivity (Wildman–Crippen MR) is 284 cm³/mol. The Labute approximate surface area is 389 Å². The molecule has 2 nitrogen and oxygen atoms in total. The van der Waals surface area contributed by atoms with Gasteiger partial charge in [-0.1, -0.05) is 171 Å². The van der Waals surface area contributed by atoms with Crippen LogP contribution in [0.1, 0.15) is 85.8 Å². The number of hydrogen-bond acceptors (Lipinski definition) is 2. The standard InChI is InChI=1S/C64H54N2/c1-43(2)20-35-61-44(3)13-12-38-65(61)52-31-34-58-57-32-22-45(39-59(57)64(60(58)42-52)36-10-11-37-64)21-23-46-29-33-55(56-17-7-6-16-54(46)56)51-27-26-50-41-53(30-28-49(50)40-51)66-62-18-8-4-14-47(62)24-25-48-15-5-9-19-63(48)66/h4-9,14-35,39-42H,1,10-13,36-38H2,2-3H3. The van der Waals surface area contributed by atoms with Gasteiger partial charge in [0.05, 0.1) is 11.4 Å². The zero-order valence-corrected chi connectivity index (χ0v) is 38.0. The molecular formula is C64H54N2. The Hall–Kier alpha value is -7.42. The van der Waals surface area contributed by atoms with Crippen LogP contribution >= 0.6 is 0 Å². The van der Waals surface area contributed by atoms with Gasteiger partial charge in [-0.2, -0.15) is 0 Å². The third-order valence-corrected chi connectivity index (χ3v) is 14.9. The third-order valence-electron chi connectivity index (χ3n) is 14.9. The molecule has 320 valence electrons. The second-order valence-corrected chi connectivity index (χ2v) is 19.0. The fourth-order valence-electron chi connectivity index (χ4n) is 11.7. The largest absolute Gasteiger partial charge is 0.342 e. The number of para-hydroxylation sites is 2. The van der Waals surface area contributed by atoms with E-state index in [1.54, 1.807) is 0 Å². The minimum atomic E-state index is 0.0732. The van der Waals surface area contributed by atoms with E-state index in [0.717, 1.165) is 24.2 Å². The highest BCUT2D eigenvalue weighted by Gasteiger charge is 2.45. The van der Waals surface area contributed by atoms with Crippen LogP contribution in [0.2, 0.25) is 0 Å². The summed E-state index contributed by atoms with van der Waals surface area (Å²) < 4.78 is 0. The molecule has 0 bridgehead atoms. The van der Waals surface area contributed by atoms with E-state index >= 15 is 0 Å². The van der Waals surface area contributed by atoms with Crippen LogP contribution in [0.15, 0.2) is 193 Å². The Morgan fingerprint density at radius 1 is 0.576 bits per heavy atom. The lowest BCUT2D eigenvalue weighted by molar-refractivity contribution is 0.549. The summed E-state index contributed by atoms with van der Waals surface area (Å²) in [5, 5.41) is 4.98. The van der Waals surface area contributed by atoms with E-state index in [1.165, 1.54) is 138 Å². The first kappa shape index (κ1) is 40.1. The van der Waals surface area contributed by atoms with Gasteiger partial charge in [0.2, 0.25) is 0 Å². The lowest BCUT2D eigenvalue weighted by Crippen LogP contribution is -2.28. The molecule has 1 saturated carbocycles. The van der Waals surface area contributed by atoms with Crippen molar-refractivity contribution in [2.45, 2.75) is 57.8 Å². The highest BCUT2D eigenvalue weighted by Crippen LogP contribution is 2.58. The molecule has 4 aliphatic rings. The van der Waals surface area contributed by atoms with Gasteiger partial charge < -0.3 is 9.80 Å². The normalized spacial score (nSPS) is 16.1. The minimum Gasteiger partial charge on any atom is -0.342 e. The Kier molecular flexibility index (Phi) is 9.86. The summed E-state index contributed by atoms with van der Waals surface area (Å²) in [6.07, 6.45) is 20.9. The molecule has 0 unspecified atom stereocenters. The SMILES string of the molecule is C=C(C)C=CC1=C(C)CCCN1c1ccc2c(c1)C1(CCCC1)c1cc(C=Cc3ccc(-c4ccc5cc(N6c7ccccc7C=Cc7ccccc76)ccc5c4)c4ccccc34)ccc1-2. The van der Waals surface area contributed by atoms with Crippen molar-refractivity contribution < 1.29 is 0 Å². The molecule has 2 heterocycles. The first-order chi connectivity index (χ1) is 32.4. The highest BCUT2D eigenvalue weighted by molar-refractivity contribution is 6.04. The van der Waals surface area contributed by atoms with Crippen LogP contribution in [-0.2, 0) is 5.41 Å². The number of nitrogens with zero attached hydrogens (tertiary/aromatic N) is 2. The maximum Gasteiger partial charge on any atom is 0.0534 e. The van der Waals surface area contributed by atoms with Gasteiger partial charge in [0.25, 0.3) is 0 Å². The molecule has 8 aromatic rings. The summed E-state index contributed by atoms with van der Waals surface area (Å²) in [4.78, 5) is 4.95. The maximum atomic E-state index is 4.14. The van der Waals surface area contributed by atoms with Gasteiger partial charge >= 0.3 is 0 Å². The quantitative estimate of drug-likeness (QED) is 0.116. The molecule has 0 radical (unpaired) electrons. The van der Waals surface area contributed by atoms with E-state index in [2.05, 4.69) is 224 Å². The van der Waals surface area contributed by atoms with Crippen molar-refractivity contribution in [2.75, 3.05) is 16.3 Å². The van der Waals surface area contributed by atoms with Crippen molar-refractivity contribution in [3.8, 4) is 22.3 Å². The predicted octanol–water partition coefficient (Wildman–Crippen LogP) is 17.6. The summed E-state index contributed by atoms with van der Waals surface area (Å²) >= 11 is 0. The second kappa shape index (κ2) is 16.2.